The van der Waals surface area contributed by atoms with Crippen molar-refractivity contribution in [3.8, 4) is 0 Å². The van der Waals surface area contributed by atoms with Crippen LogP contribution >= 0.6 is 23.2 Å². The molecule has 1 aromatic carbocycles. The maximum atomic E-state index is 11.5. The number of hydrogen-bond donors (Lipinski definition) is 6. The molecule has 1 aliphatic rings. The lowest BCUT2D eigenvalue weighted by Crippen LogP contribution is -2.38. The molecular weight excluding hydrogens is 457 g/mol. The Labute approximate surface area is 175 Å². The highest BCUT2D eigenvalue weighted by molar-refractivity contribution is 7.76. The van der Waals surface area contributed by atoms with Crippen LogP contribution in [-0.2, 0) is 4.57 Å². The van der Waals surface area contributed by atoms with Gasteiger partial charge in [0.2, 0.25) is 0 Å². The van der Waals surface area contributed by atoms with Crippen LogP contribution in [0, 0.1) is 4.91 Å². The molecule has 170 valence electrons. The summed E-state index contributed by atoms with van der Waals surface area (Å²) in [6.07, 6.45) is -0.902. The molecule has 30 heavy (non-hydrogen) atoms. The Morgan fingerprint density at radius 1 is 0.833 bits per heavy atom. The van der Waals surface area contributed by atoms with Gasteiger partial charge in [-0.3, -0.25) is 19.3 Å². The van der Waals surface area contributed by atoms with Crippen molar-refractivity contribution in [1.29, 1.82) is 0 Å². The van der Waals surface area contributed by atoms with Gasteiger partial charge in [-0.1, -0.05) is 18.2 Å². The van der Waals surface area contributed by atoms with Crippen molar-refractivity contribution in [2.75, 3.05) is 58.1 Å². The summed E-state index contributed by atoms with van der Waals surface area (Å²) in [4.78, 5) is 77.3. The molecule has 0 amide bonds. The van der Waals surface area contributed by atoms with Gasteiger partial charge in [-0.25, -0.2) is 4.89 Å². The molecule has 1 aliphatic heterocycles. The third kappa shape index (κ3) is 8.96. The Balaban J connectivity index is 2.19. The summed E-state index contributed by atoms with van der Waals surface area (Å²) < 4.78 is 11.5. The molecule has 1 aromatic rings. The molecule has 0 spiro atoms. The van der Waals surface area contributed by atoms with Crippen LogP contribution in [0.4, 0.5) is 0 Å². The molecular formula is C15H29N4O8P3+2. The van der Waals surface area contributed by atoms with E-state index in [1.165, 1.54) is 4.90 Å². The summed E-state index contributed by atoms with van der Waals surface area (Å²) in [5, 5.41) is 0.426. The Morgan fingerprint density at radius 2 is 1.30 bits per heavy atom. The van der Waals surface area contributed by atoms with E-state index < -0.39 is 29.5 Å². The van der Waals surface area contributed by atoms with Crippen molar-refractivity contribution in [2.24, 2.45) is 4.95 Å². The van der Waals surface area contributed by atoms with Crippen molar-refractivity contribution >= 4 is 28.5 Å². The Morgan fingerprint density at radius 3 is 1.73 bits per heavy atom. The topological polar surface area (TPSA) is 178 Å². The predicted molar refractivity (Wildman–Crippen MR) is 116 cm³/mol. The lowest BCUT2D eigenvalue weighted by molar-refractivity contribution is 0.222. The van der Waals surface area contributed by atoms with Crippen LogP contribution in [0.5, 0.6) is 0 Å². The molecule has 1 heterocycles. The van der Waals surface area contributed by atoms with E-state index in [0.717, 1.165) is 0 Å². The second kappa shape index (κ2) is 10.9. The minimum absolute atomic E-state index is 0.0459. The second-order valence-electron chi connectivity index (χ2n) is 7.28. The molecule has 0 radical (unpaired) electrons. The molecule has 15 heteroatoms. The van der Waals surface area contributed by atoms with Gasteiger partial charge in [0, 0.05) is 39.3 Å². The van der Waals surface area contributed by atoms with E-state index in [2.05, 4.69) is 4.95 Å². The van der Waals surface area contributed by atoms with Crippen LogP contribution in [0.1, 0.15) is 0 Å². The number of nitrogens with zero attached hydrogens (tertiary/aromatic N) is 4. The molecule has 0 saturated carbocycles. The molecule has 2 rings (SSSR count). The molecule has 12 nitrogen and oxygen atoms in total. The number of nitroso groups, excluding NO2 is 1. The van der Waals surface area contributed by atoms with Crippen molar-refractivity contribution in [1.82, 2.24) is 14.7 Å². The van der Waals surface area contributed by atoms with Crippen molar-refractivity contribution in [3.63, 3.8) is 0 Å². The zero-order valence-corrected chi connectivity index (χ0v) is 19.1. The fourth-order valence-corrected chi connectivity index (χ4v) is 6.66. The van der Waals surface area contributed by atoms with E-state index in [1.54, 1.807) is 40.1 Å². The summed E-state index contributed by atoms with van der Waals surface area (Å²) in [6.45, 7) is 1.69. The Hall–Kier alpha value is -0.450. The molecule has 1 atom stereocenters. The van der Waals surface area contributed by atoms with Crippen LogP contribution in [0.3, 0.4) is 0 Å². The molecule has 0 aromatic heterocycles. The average molecular weight is 486 g/mol. The Bertz CT molecular complexity index is 734. The van der Waals surface area contributed by atoms with E-state index in [9.17, 15) is 38.8 Å². The molecule has 1 saturated heterocycles. The van der Waals surface area contributed by atoms with E-state index in [4.69, 9.17) is 0 Å². The van der Waals surface area contributed by atoms with Gasteiger partial charge in [-0.05, 0) is 12.1 Å². The highest BCUT2D eigenvalue weighted by atomic mass is 31.2. The largest absolute Gasteiger partial charge is 0.419 e. The summed E-state index contributed by atoms with van der Waals surface area (Å²) >= 11 is 0. The van der Waals surface area contributed by atoms with Gasteiger partial charge in [-0.2, -0.15) is 14.7 Å². The van der Waals surface area contributed by atoms with Crippen molar-refractivity contribution < 1.29 is 33.9 Å². The molecule has 0 bridgehead atoms. The molecule has 6 N–H and O–H groups in total. The van der Waals surface area contributed by atoms with Crippen LogP contribution in [-0.4, -0.2) is 102 Å². The monoisotopic (exact) mass is 486 g/mol. The molecule has 0 aliphatic carbocycles. The van der Waals surface area contributed by atoms with Gasteiger partial charge in [0.1, 0.15) is 11.2 Å². The first-order chi connectivity index (χ1) is 13.9. The van der Waals surface area contributed by atoms with Crippen LogP contribution < -0.4 is 5.30 Å². The molecule has 1 fully saturated rings. The van der Waals surface area contributed by atoms with E-state index in [-0.39, 0.29) is 32.2 Å². The standard InChI is InChI=1S/C15H27N4O8P3/c20-16-28(21,15-4-2-1-3-5-15)12-17-6-8-18(13-29(22,23)24)10-11-19(9-7-17)14-30(25,26)27/h1-5,21-24H,6-14H2/p+2. The highest BCUT2D eigenvalue weighted by Crippen LogP contribution is 2.55. The quantitative estimate of drug-likeness (QED) is 0.209. The summed E-state index contributed by atoms with van der Waals surface area (Å²) in [6, 6.07) is 8.39. The zero-order valence-electron chi connectivity index (χ0n) is 16.4. The maximum Gasteiger partial charge on any atom is 0.419 e. The number of rotatable bonds is 8. The van der Waals surface area contributed by atoms with Crippen LogP contribution in [0.2, 0.25) is 0 Å². The lowest BCUT2D eigenvalue weighted by atomic mass is 10.4. The fourth-order valence-electron chi connectivity index (χ4n) is 3.24. The number of benzene rings is 1. The number of hydrogen-bond acceptors (Lipinski definition) is 10. The minimum atomic E-state index is -4.32. The lowest BCUT2D eigenvalue weighted by Gasteiger charge is -2.26. The first-order valence-electron chi connectivity index (χ1n) is 9.19. The third-order valence-corrected chi connectivity index (χ3v) is 8.41. The molecule has 1 unspecified atom stereocenters. The second-order valence-corrected chi connectivity index (χ2v) is 13.0. The van der Waals surface area contributed by atoms with Crippen LogP contribution in [0.25, 0.3) is 0 Å². The first kappa shape index (κ1) is 25.8. The summed E-state index contributed by atoms with van der Waals surface area (Å²) in [7, 11) is -11.8. The van der Waals surface area contributed by atoms with E-state index in [1.807, 2.05) is 0 Å². The van der Waals surface area contributed by atoms with Gasteiger partial charge in [0.05, 0.1) is 0 Å². The van der Waals surface area contributed by atoms with E-state index >= 15 is 0 Å². The minimum Gasteiger partial charge on any atom is -0.324 e. The van der Waals surface area contributed by atoms with Gasteiger partial charge >= 0.3 is 23.2 Å². The fraction of sp³-hybridized carbons (Fsp3) is 0.600. The zero-order chi connectivity index (χ0) is 22.4. The summed E-state index contributed by atoms with van der Waals surface area (Å²) in [5.41, 5.74) is 0. The van der Waals surface area contributed by atoms with Crippen LogP contribution in [0.15, 0.2) is 35.3 Å². The predicted octanol–water partition coefficient (Wildman–Crippen LogP) is -0.373. The van der Waals surface area contributed by atoms with Gasteiger partial charge in [0.15, 0.2) is 17.9 Å². The summed E-state index contributed by atoms with van der Waals surface area (Å²) in [5.74, 6) is 0. The Kier molecular flexibility index (Phi) is 9.39. The third-order valence-electron chi connectivity index (χ3n) is 4.67. The van der Waals surface area contributed by atoms with Gasteiger partial charge < -0.3 is 9.79 Å². The SMILES string of the molecule is O=N[P+](O)(CN1CCN(CP(=O)(O)O)CCN(C[P+](O)(O)O)CC1)c1ccccc1. The van der Waals surface area contributed by atoms with Gasteiger partial charge in [0.25, 0.3) is 0 Å². The van der Waals surface area contributed by atoms with Crippen molar-refractivity contribution in [2.45, 2.75) is 0 Å². The first-order valence-corrected chi connectivity index (χ1v) is 14.7. The smallest absolute Gasteiger partial charge is 0.324 e. The maximum absolute atomic E-state index is 11.5. The average Bonchev–Trinajstić information content (AvgIpc) is 2.73. The normalized spacial score (nSPS) is 20.7. The van der Waals surface area contributed by atoms with Gasteiger partial charge in [-0.15, -0.1) is 4.91 Å². The van der Waals surface area contributed by atoms with E-state index in [0.29, 0.717) is 24.9 Å². The highest BCUT2D eigenvalue weighted by Gasteiger charge is 2.44. The van der Waals surface area contributed by atoms with Crippen molar-refractivity contribution in [3.05, 3.63) is 35.2 Å².